The van der Waals surface area contributed by atoms with Gasteiger partial charge in [-0.05, 0) is 50.1 Å². The fraction of sp³-hybridized carbons (Fsp3) is 0.182. The minimum Gasteiger partial charge on any atom is -0.455 e. The molecule has 0 spiro atoms. The van der Waals surface area contributed by atoms with Gasteiger partial charge in [0.15, 0.2) is 5.76 Å². The van der Waals surface area contributed by atoms with Crippen molar-refractivity contribution in [3.63, 3.8) is 0 Å². The number of benzene rings is 1. The van der Waals surface area contributed by atoms with Gasteiger partial charge in [-0.3, -0.25) is 14.6 Å². The van der Waals surface area contributed by atoms with Crippen molar-refractivity contribution in [3.05, 3.63) is 82.0 Å². The highest BCUT2D eigenvalue weighted by molar-refractivity contribution is 6.31. The number of carbonyl (C=O) groups excluding carboxylic acids is 2. The van der Waals surface area contributed by atoms with Crippen LogP contribution in [0, 0.1) is 6.92 Å². The molecule has 2 heterocycles. The highest BCUT2D eigenvalue weighted by Gasteiger charge is 2.28. The highest BCUT2D eigenvalue weighted by Crippen LogP contribution is 2.30. The summed E-state index contributed by atoms with van der Waals surface area (Å²) in [5.74, 6) is 0.256. The van der Waals surface area contributed by atoms with Crippen LogP contribution in [-0.2, 0) is 6.42 Å². The SMILES string of the molecule is Cc1c(C(=O)Nc2ccncc2)oc2c1/C(=N/NC(=O)c1cccc(Cl)c1)CCC2. The molecule has 0 fully saturated rings. The van der Waals surface area contributed by atoms with E-state index in [-0.39, 0.29) is 17.6 Å². The summed E-state index contributed by atoms with van der Waals surface area (Å²) < 4.78 is 5.87. The second-order valence-corrected chi connectivity index (χ2v) is 7.34. The van der Waals surface area contributed by atoms with Crippen LogP contribution in [0.15, 0.2) is 58.3 Å². The molecule has 0 saturated heterocycles. The fourth-order valence-corrected chi connectivity index (χ4v) is 3.62. The molecular weight excluding hydrogens is 404 g/mol. The highest BCUT2D eigenvalue weighted by atomic mass is 35.5. The van der Waals surface area contributed by atoms with Crippen LogP contribution in [0.5, 0.6) is 0 Å². The largest absolute Gasteiger partial charge is 0.455 e. The lowest BCUT2D eigenvalue weighted by Crippen LogP contribution is -2.22. The summed E-state index contributed by atoms with van der Waals surface area (Å²) >= 11 is 5.95. The van der Waals surface area contributed by atoms with E-state index in [0.29, 0.717) is 46.2 Å². The smallest absolute Gasteiger partial charge is 0.291 e. The van der Waals surface area contributed by atoms with Crippen LogP contribution >= 0.6 is 11.6 Å². The third-order valence-electron chi connectivity index (χ3n) is 4.85. The molecular formula is C22H19ClN4O3. The molecule has 0 atom stereocenters. The van der Waals surface area contributed by atoms with Gasteiger partial charge < -0.3 is 9.73 Å². The van der Waals surface area contributed by atoms with Gasteiger partial charge >= 0.3 is 0 Å². The molecule has 152 valence electrons. The number of aryl methyl sites for hydroxylation is 1. The number of carbonyl (C=O) groups is 2. The Morgan fingerprint density at radius 2 is 1.93 bits per heavy atom. The number of fused-ring (bicyclic) bond motifs is 1. The number of hydrogen-bond donors (Lipinski definition) is 2. The maximum absolute atomic E-state index is 12.7. The van der Waals surface area contributed by atoms with Gasteiger partial charge in [0.1, 0.15) is 5.76 Å². The molecule has 0 saturated carbocycles. The van der Waals surface area contributed by atoms with Crippen LogP contribution in [0.3, 0.4) is 0 Å². The van der Waals surface area contributed by atoms with Crippen LogP contribution in [0.2, 0.25) is 5.02 Å². The minimum absolute atomic E-state index is 0.243. The first kappa shape index (κ1) is 19.8. The molecule has 0 bridgehead atoms. The van der Waals surface area contributed by atoms with Gasteiger partial charge in [0.05, 0.1) is 5.71 Å². The number of hydrazone groups is 1. The van der Waals surface area contributed by atoms with Gasteiger partial charge in [0.25, 0.3) is 11.8 Å². The van der Waals surface area contributed by atoms with E-state index in [9.17, 15) is 9.59 Å². The minimum atomic E-state index is -0.353. The van der Waals surface area contributed by atoms with Crippen molar-refractivity contribution < 1.29 is 14.0 Å². The molecule has 4 rings (SSSR count). The van der Waals surface area contributed by atoms with Crippen molar-refractivity contribution in [2.24, 2.45) is 5.10 Å². The van der Waals surface area contributed by atoms with Gasteiger partial charge in [0, 0.05) is 46.2 Å². The van der Waals surface area contributed by atoms with E-state index in [4.69, 9.17) is 16.0 Å². The Kier molecular flexibility index (Phi) is 5.63. The molecule has 8 heteroatoms. The zero-order chi connectivity index (χ0) is 21.1. The van der Waals surface area contributed by atoms with Gasteiger partial charge in [-0.15, -0.1) is 0 Å². The molecule has 7 nitrogen and oxygen atoms in total. The zero-order valence-corrected chi connectivity index (χ0v) is 17.0. The van der Waals surface area contributed by atoms with E-state index in [2.05, 4.69) is 20.8 Å². The standard InChI is InChI=1S/C22H19ClN4O3/c1-13-19-17(26-27-21(28)14-4-2-5-15(23)12-14)6-3-7-18(19)30-20(13)22(29)25-16-8-10-24-11-9-16/h2,4-5,8-12H,3,6-7H2,1H3,(H,27,28)(H,24,25,29)/b26-17+. The zero-order valence-electron chi connectivity index (χ0n) is 16.2. The van der Waals surface area contributed by atoms with Crippen LogP contribution in [0.4, 0.5) is 5.69 Å². The maximum Gasteiger partial charge on any atom is 0.291 e. The van der Waals surface area contributed by atoms with Crippen molar-refractivity contribution >= 4 is 34.8 Å². The third kappa shape index (κ3) is 4.11. The van der Waals surface area contributed by atoms with Crippen molar-refractivity contribution in [1.29, 1.82) is 0 Å². The predicted octanol–water partition coefficient (Wildman–Crippen LogP) is 4.36. The normalized spacial score (nSPS) is 14.3. The first-order valence-corrected chi connectivity index (χ1v) is 9.87. The molecule has 0 unspecified atom stereocenters. The topological polar surface area (TPSA) is 96.6 Å². The van der Waals surface area contributed by atoms with E-state index < -0.39 is 0 Å². The molecule has 2 N–H and O–H groups in total. The van der Waals surface area contributed by atoms with Gasteiger partial charge in [-0.2, -0.15) is 5.10 Å². The maximum atomic E-state index is 12.7. The van der Waals surface area contributed by atoms with Crippen molar-refractivity contribution in [3.8, 4) is 0 Å². The first-order chi connectivity index (χ1) is 14.5. The van der Waals surface area contributed by atoms with E-state index in [1.807, 2.05) is 6.92 Å². The Hall–Kier alpha value is -3.45. The Bertz CT molecular complexity index is 1140. The van der Waals surface area contributed by atoms with Crippen LogP contribution in [-0.4, -0.2) is 22.5 Å². The van der Waals surface area contributed by atoms with E-state index in [1.54, 1.807) is 48.8 Å². The summed E-state index contributed by atoms with van der Waals surface area (Å²) in [6.07, 6.45) is 5.40. The number of amides is 2. The van der Waals surface area contributed by atoms with E-state index >= 15 is 0 Å². The molecule has 1 aliphatic carbocycles. The van der Waals surface area contributed by atoms with Gasteiger partial charge in [-0.25, -0.2) is 5.43 Å². The van der Waals surface area contributed by atoms with Crippen molar-refractivity contribution in [2.45, 2.75) is 26.2 Å². The number of rotatable bonds is 4. The van der Waals surface area contributed by atoms with Crippen molar-refractivity contribution in [2.75, 3.05) is 5.32 Å². The summed E-state index contributed by atoms with van der Waals surface area (Å²) in [6.45, 7) is 1.82. The lowest BCUT2D eigenvalue weighted by molar-refractivity contribution is 0.0953. The number of nitrogens with zero attached hydrogens (tertiary/aromatic N) is 2. The number of halogens is 1. The average molecular weight is 423 g/mol. The summed E-state index contributed by atoms with van der Waals surface area (Å²) in [5.41, 5.74) is 5.81. The number of furan rings is 1. The second-order valence-electron chi connectivity index (χ2n) is 6.91. The molecule has 2 aromatic heterocycles. The number of hydrogen-bond acceptors (Lipinski definition) is 5. The van der Waals surface area contributed by atoms with Crippen molar-refractivity contribution in [1.82, 2.24) is 10.4 Å². The molecule has 30 heavy (non-hydrogen) atoms. The van der Waals surface area contributed by atoms with Gasteiger partial charge in [0.2, 0.25) is 0 Å². The summed E-state index contributed by atoms with van der Waals surface area (Å²) in [4.78, 5) is 29.0. The Morgan fingerprint density at radius 3 is 2.70 bits per heavy atom. The summed E-state index contributed by atoms with van der Waals surface area (Å²) in [5, 5.41) is 7.60. The van der Waals surface area contributed by atoms with Gasteiger partial charge in [-0.1, -0.05) is 17.7 Å². The first-order valence-electron chi connectivity index (χ1n) is 9.49. The molecule has 1 aromatic carbocycles. The Labute approximate surface area is 178 Å². The molecule has 0 aliphatic heterocycles. The summed E-state index contributed by atoms with van der Waals surface area (Å²) in [6, 6.07) is 10.1. The number of aromatic nitrogens is 1. The van der Waals surface area contributed by atoms with Crippen LogP contribution < -0.4 is 10.7 Å². The Balaban J connectivity index is 1.57. The second kappa shape index (κ2) is 8.51. The van der Waals surface area contributed by atoms with E-state index in [1.165, 1.54) is 0 Å². The van der Waals surface area contributed by atoms with Crippen LogP contribution in [0.25, 0.3) is 0 Å². The number of nitrogens with one attached hydrogen (secondary N) is 2. The quantitative estimate of drug-likeness (QED) is 0.610. The monoisotopic (exact) mass is 422 g/mol. The van der Waals surface area contributed by atoms with E-state index in [0.717, 1.165) is 12.0 Å². The fourth-order valence-electron chi connectivity index (χ4n) is 3.43. The summed E-state index contributed by atoms with van der Waals surface area (Å²) in [7, 11) is 0. The molecule has 1 aliphatic rings. The average Bonchev–Trinajstić information content (AvgIpc) is 3.10. The number of pyridine rings is 1. The predicted molar refractivity (Wildman–Crippen MR) is 114 cm³/mol. The molecule has 3 aromatic rings. The third-order valence-corrected chi connectivity index (χ3v) is 5.08. The Morgan fingerprint density at radius 1 is 1.13 bits per heavy atom. The number of anilines is 1. The lowest BCUT2D eigenvalue weighted by atomic mass is 9.93. The van der Waals surface area contributed by atoms with Crippen LogP contribution in [0.1, 0.15) is 50.6 Å². The lowest BCUT2D eigenvalue weighted by Gasteiger charge is -2.13. The molecule has 0 radical (unpaired) electrons. The molecule has 2 amide bonds.